The summed E-state index contributed by atoms with van der Waals surface area (Å²) in [7, 11) is 0. The molecule has 64 valence electrons. The number of nitrogens with zero attached hydrogens (tertiary/aromatic N) is 2. The number of carbonyl (C=O) groups excluding carboxylic acids is 1. The van der Waals surface area contributed by atoms with Crippen molar-refractivity contribution < 1.29 is 9.53 Å². The Balaban J connectivity index is 4.07. The molecule has 0 saturated carbocycles. The van der Waals surface area contributed by atoms with Crippen molar-refractivity contribution >= 4 is 11.8 Å². The molecule has 0 fully saturated rings. The fourth-order valence-electron chi connectivity index (χ4n) is 0.431. The maximum absolute atomic E-state index is 10.8. The summed E-state index contributed by atoms with van der Waals surface area (Å²) in [6, 6.07) is 1.46. The molecule has 0 bridgehead atoms. The van der Waals surface area contributed by atoms with Crippen LogP contribution < -0.4 is 0 Å². The van der Waals surface area contributed by atoms with E-state index in [1.807, 2.05) is 13.8 Å². The van der Waals surface area contributed by atoms with E-state index in [4.69, 9.17) is 10.7 Å². The number of esters is 1. The van der Waals surface area contributed by atoms with Gasteiger partial charge in [-0.25, -0.2) is 10.7 Å². The van der Waals surface area contributed by atoms with Crippen molar-refractivity contribution in [2.45, 2.75) is 13.8 Å². The second kappa shape index (κ2) is 5.11. The molecule has 0 N–H and O–H groups in total. The standard InChI is InChI=1S/C8H9N2O2/c1-6(2)5-12-8(11)7(3-9)4-10/h6H,5H2,1-2H3/q-1. The summed E-state index contributed by atoms with van der Waals surface area (Å²) < 4.78 is 4.63. The van der Waals surface area contributed by atoms with Crippen LogP contribution in [-0.4, -0.2) is 18.4 Å². The number of nitriles is 1. The van der Waals surface area contributed by atoms with Crippen molar-refractivity contribution in [1.82, 2.24) is 0 Å². The van der Waals surface area contributed by atoms with Crippen molar-refractivity contribution in [1.29, 1.82) is 5.26 Å². The largest absolute Gasteiger partial charge is 0.762 e. The average molecular weight is 165 g/mol. The highest BCUT2D eigenvalue weighted by Crippen LogP contribution is 1.96. The Hall–Kier alpha value is -1.59. The average Bonchev–Trinajstić information content (AvgIpc) is 2.03. The summed E-state index contributed by atoms with van der Waals surface area (Å²) in [5.74, 6) is 0.819. The lowest BCUT2D eigenvalue weighted by molar-refractivity contribution is -0.139. The highest BCUT2D eigenvalue weighted by molar-refractivity contribution is 6.02. The third-order valence-electron chi connectivity index (χ3n) is 0.975. The first-order chi connectivity index (χ1) is 5.61. The molecule has 0 atom stereocenters. The van der Waals surface area contributed by atoms with E-state index in [1.54, 1.807) is 0 Å². The van der Waals surface area contributed by atoms with Crippen LogP contribution in [0.3, 0.4) is 0 Å². The van der Waals surface area contributed by atoms with Gasteiger partial charge in [0.15, 0.2) is 5.57 Å². The molecule has 0 aliphatic rings. The molecule has 0 aromatic rings. The van der Waals surface area contributed by atoms with Gasteiger partial charge in [0.2, 0.25) is 0 Å². The number of carbonyl (C=O) groups is 1. The van der Waals surface area contributed by atoms with Crippen LogP contribution in [0.25, 0.3) is 5.41 Å². The normalized spacial score (nSPS) is 8.50. The molecule has 0 rings (SSSR count). The lowest BCUT2D eigenvalue weighted by Crippen LogP contribution is -2.11. The molecule has 0 aromatic heterocycles. The van der Waals surface area contributed by atoms with Crippen LogP contribution in [0.15, 0.2) is 5.57 Å². The lowest BCUT2D eigenvalue weighted by atomic mass is 10.2. The van der Waals surface area contributed by atoms with E-state index in [1.165, 1.54) is 11.9 Å². The summed E-state index contributed by atoms with van der Waals surface area (Å²) in [4.78, 5) is 10.8. The SMILES string of the molecule is CC(C)COC(=O)C(=C=[N-])C#N. The van der Waals surface area contributed by atoms with E-state index in [-0.39, 0.29) is 12.5 Å². The molecule has 0 aromatic carbocycles. The van der Waals surface area contributed by atoms with Gasteiger partial charge in [-0.3, -0.25) is 0 Å². The van der Waals surface area contributed by atoms with Crippen molar-refractivity contribution in [3.63, 3.8) is 0 Å². The van der Waals surface area contributed by atoms with Crippen LogP contribution >= 0.6 is 0 Å². The van der Waals surface area contributed by atoms with Crippen LogP contribution in [-0.2, 0) is 9.53 Å². The van der Waals surface area contributed by atoms with Crippen LogP contribution in [0.2, 0.25) is 0 Å². The Morgan fingerprint density at radius 1 is 1.67 bits per heavy atom. The highest BCUT2D eigenvalue weighted by atomic mass is 16.5. The first-order valence-electron chi connectivity index (χ1n) is 3.46. The fraction of sp³-hybridized carbons (Fsp3) is 0.500. The zero-order valence-corrected chi connectivity index (χ0v) is 7.00. The Morgan fingerprint density at radius 3 is 2.58 bits per heavy atom. The highest BCUT2D eigenvalue weighted by Gasteiger charge is 2.08. The van der Waals surface area contributed by atoms with Crippen LogP contribution in [0.1, 0.15) is 13.8 Å². The van der Waals surface area contributed by atoms with Crippen molar-refractivity contribution in [3.8, 4) is 6.07 Å². The monoisotopic (exact) mass is 165 g/mol. The molecule has 0 aliphatic heterocycles. The third-order valence-corrected chi connectivity index (χ3v) is 0.975. The van der Waals surface area contributed by atoms with E-state index in [0.29, 0.717) is 0 Å². The summed E-state index contributed by atoms with van der Waals surface area (Å²) in [6.07, 6.45) is 0. The minimum absolute atomic E-state index is 0.201. The smallest absolute Gasteiger partial charge is 0.355 e. The molecule has 0 amide bonds. The maximum Gasteiger partial charge on any atom is 0.355 e. The van der Waals surface area contributed by atoms with Gasteiger partial charge in [0, 0.05) is 0 Å². The summed E-state index contributed by atoms with van der Waals surface area (Å²) in [6.45, 7) is 3.96. The molecule has 0 radical (unpaired) electrons. The lowest BCUT2D eigenvalue weighted by Gasteiger charge is -2.04. The Morgan fingerprint density at radius 2 is 2.25 bits per heavy atom. The minimum atomic E-state index is -0.839. The van der Waals surface area contributed by atoms with Gasteiger partial charge in [0.1, 0.15) is 6.07 Å². The van der Waals surface area contributed by atoms with Gasteiger partial charge < -0.3 is 10.1 Å². The Bertz CT molecular complexity index is 257. The van der Waals surface area contributed by atoms with Gasteiger partial charge >= 0.3 is 5.97 Å². The van der Waals surface area contributed by atoms with E-state index in [2.05, 4.69) is 4.74 Å². The zero-order chi connectivity index (χ0) is 9.56. The van der Waals surface area contributed by atoms with Crippen molar-refractivity contribution in [2.75, 3.05) is 6.61 Å². The van der Waals surface area contributed by atoms with E-state index < -0.39 is 11.5 Å². The van der Waals surface area contributed by atoms with Gasteiger partial charge in [-0.15, -0.1) is 0 Å². The van der Waals surface area contributed by atoms with E-state index >= 15 is 0 Å². The molecule has 4 heteroatoms. The Labute approximate surface area is 71.0 Å². The van der Waals surface area contributed by atoms with Crippen LogP contribution in [0.5, 0.6) is 0 Å². The summed E-state index contributed by atoms with van der Waals surface area (Å²) in [5, 5.41) is 16.5. The van der Waals surface area contributed by atoms with Gasteiger partial charge in [0.05, 0.1) is 6.61 Å². The molecule has 0 aliphatic carbocycles. The maximum atomic E-state index is 10.8. The van der Waals surface area contributed by atoms with Gasteiger partial charge in [-0.1, -0.05) is 13.8 Å². The number of ether oxygens (including phenoxy) is 1. The van der Waals surface area contributed by atoms with Crippen molar-refractivity contribution in [3.05, 3.63) is 11.0 Å². The topological polar surface area (TPSA) is 72.4 Å². The second-order valence-corrected chi connectivity index (χ2v) is 2.59. The predicted octanol–water partition coefficient (Wildman–Crippen LogP) is 0.875. The van der Waals surface area contributed by atoms with E-state index in [0.717, 1.165) is 0 Å². The van der Waals surface area contributed by atoms with Gasteiger partial charge in [-0.2, -0.15) is 5.26 Å². The predicted molar refractivity (Wildman–Crippen MR) is 43.3 cm³/mol. The molecule has 0 spiro atoms. The summed E-state index contributed by atoms with van der Waals surface area (Å²) >= 11 is 0. The minimum Gasteiger partial charge on any atom is -0.762 e. The van der Waals surface area contributed by atoms with Crippen LogP contribution in [0.4, 0.5) is 0 Å². The van der Waals surface area contributed by atoms with Crippen molar-refractivity contribution in [2.24, 2.45) is 5.92 Å². The molecule has 0 saturated heterocycles. The van der Waals surface area contributed by atoms with E-state index in [9.17, 15) is 4.79 Å². The third kappa shape index (κ3) is 3.55. The van der Waals surface area contributed by atoms with Crippen LogP contribution in [0, 0.1) is 17.2 Å². The molecular formula is C8H9N2O2-. The number of rotatable bonds is 3. The molecular weight excluding hydrogens is 156 g/mol. The molecule has 12 heavy (non-hydrogen) atoms. The first kappa shape index (κ1) is 10.4. The number of hydrogen-bond acceptors (Lipinski definition) is 3. The molecule has 4 nitrogen and oxygen atoms in total. The second-order valence-electron chi connectivity index (χ2n) is 2.59. The first-order valence-corrected chi connectivity index (χ1v) is 3.46. The molecule has 0 heterocycles. The van der Waals surface area contributed by atoms with Gasteiger partial charge in [0.25, 0.3) is 0 Å². The molecule has 0 unspecified atom stereocenters. The fourth-order valence-corrected chi connectivity index (χ4v) is 0.431. The number of hydrogen-bond donors (Lipinski definition) is 0. The quantitative estimate of drug-likeness (QED) is 0.269. The zero-order valence-electron chi connectivity index (χ0n) is 7.00. The Kier molecular flexibility index (Phi) is 4.43. The van der Waals surface area contributed by atoms with Gasteiger partial charge in [-0.05, 0) is 5.92 Å². The summed E-state index contributed by atoms with van der Waals surface area (Å²) in [5.41, 5.74) is -0.504.